The molecule has 0 saturated heterocycles. The lowest BCUT2D eigenvalue weighted by molar-refractivity contribution is 0.614. The van der Waals surface area contributed by atoms with Crippen LogP contribution in [-0.2, 0) is 6.42 Å². The van der Waals surface area contributed by atoms with Crippen molar-refractivity contribution in [1.82, 2.24) is 0 Å². The summed E-state index contributed by atoms with van der Waals surface area (Å²) in [5.74, 6) is -0.151. The Balaban J connectivity index is 2.86. The lowest BCUT2D eigenvalue weighted by atomic mass is 10.1. The van der Waals surface area contributed by atoms with Gasteiger partial charge in [-0.15, -0.1) is 0 Å². The first-order valence-corrected chi connectivity index (χ1v) is 5.09. The topological polar surface area (TPSA) is 26.0 Å². The third kappa shape index (κ3) is 2.78. The zero-order valence-electron chi connectivity index (χ0n) is 7.61. The summed E-state index contributed by atoms with van der Waals surface area (Å²) < 4.78 is 14.0. The monoisotopic (exact) mass is 245 g/mol. The molecule has 0 heterocycles. The summed E-state index contributed by atoms with van der Waals surface area (Å²) in [6.45, 7) is 2.40. The second-order valence-corrected chi connectivity index (χ2v) is 3.93. The fourth-order valence-corrected chi connectivity index (χ4v) is 1.63. The van der Waals surface area contributed by atoms with Crippen molar-refractivity contribution >= 4 is 15.9 Å². The van der Waals surface area contributed by atoms with Gasteiger partial charge in [0.05, 0.1) is 0 Å². The molecule has 0 bridgehead atoms. The van der Waals surface area contributed by atoms with Gasteiger partial charge >= 0.3 is 0 Å². The predicted molar refractivity (Wildman–Crippen MR) is 56.2 cm³/mol. The molecule has 0 radical (unpaired) electrons. The maximum Gasteiger partial charge on any atom is 0.127 e. The van der Waals surface area contributed by atoms with Crippen LogP contribution in [0, 0.1) is 12.7 Å². The Morgan fingerprint density at radius 3 is 2.69 bits per heavy atom. The number of benzene rings is 1. The van der Waals surface area contributed by atoms with Gasteiger partial charge in [-0.3, -0.25) is 0 Å². The van der Waals surface area contributed by atoms with E-state index >= 15 is 0 Å². The molecular weight excluding hydrogens is 233 g/mol. The van der Waals surface area contributed by atoms with E-state index in [1.807, 2.05) is 6.07 Å². The molecule has 72 valence electrons. The first kappa shape index (κ1) is 10.7. The van der Waals surface area contributed by atoms with Crippen LogP contribution in [0.15, 0.2) is 16.6 Å². The van der Waals surface area contributed by atoms with Crippen LogP contribution in [-0.4, -0.2) is 6.54 Å². The maximum atomic E-state index is 13.2. The largest absolute Gasteiger partial charge is 0.330 e. The van der Waals surface area contributed by atoms with Crippen molar-refractivity contribution in [3.05, 3.63) is 33.5 Å². The molecule has 0 amide bonds. The number of halogens is 2. The molecular formula is C10H13BrFN. The van der Waals surface area contributed by atoms with Gasteiger partial charge in [-0.1, -0.05) is 15.9 Å². The summed E-state index contributed by atoms with van der Waals surface area (Å²) in [6, 6.07) is 3.53. The average molecular weight is 246 g/mol. The van der Waals surface area contributed by atoms with Crippen molar-refractivity contribution in [2.24, 2.45) is 5.73 Å². The number of hydrogen-bond donors (Lipinski definition) is 1. The van der Waals surface area contributed by atoms with E-state index < -0.39 is 0 Å². The van der Waals surface area contributed by atoms with Crippen molar-refractivity contribution < 1.29 is 4.39 Å². The molecule has 0 aliphatic heterocycles. The van der Waals surface area contributed by atoms with Crippen molar-refractivity contribution in [3.8, 4) is 0 Å². The van der Waals surface area contributed by atoms with Gasteiger partial charge < -0.3 is 5.73 Å². The van der Waals surface area contributed by atoms with Crippen LogP contribution in [0.2, 0.25) is 0 Å². The highest BCUT2D eigenvalue weighted by Crippen LogP contribution is 2.21. The highest BCUT2D eigenvalue weighted by molar-refractivity contribution is 9.10. The molecule has 2 N–H and O–H groups in total. The summed E-state index contributed by atoms with van der Waals surface area (Å²) in [5.41, 5.74) is 7.04. The molecule has 0 fully saturated rings. The normalized spacial score (nSPS) is 10.5. The van der Waals surface area contributed by atoms with E-state index in [-0.39, 0.29) is 5.82 Å². The van der Waals surface area contributed by atoms with Crippen molar-refractivity contribution in [2.75, 3.05) is 6.54 Å². The molecule has 1 aromatic carbocycles. The molecule has 0 atom stereocenters. The quantitative estimate of drug-likeness (QED) is 0.871. The molecule has 1 aromatic rings. The second kappa shape index (κ2) is 4.72. The summed E-state index contributed by atoms with van der Waals surface area (Å²) in [6.07, 6.45) is 1.74. The third-order valence-electron chi connectivity index (χ3n) is 2.01. The highest BCUT2D eigenvalue weighted by Gasteiger charge is 2.04. The standard InChI is InChI=1S/C10H13BrFN/c1-7-9(11)5-8(3-2-4-13)6-10(7)12/h5-6H,2-4,13H2,1H3. The number of nitrogens with two attached hydrogens (primary N) is 1. The van der Waals surface area contributed by atoms with Crippen molar-refractivity contribution in [2.45, 2.75) is 19.8 Å². The minimum atomic E-state index is -0.151. The van der Waals surface area contributed by atoms with Gasteiger partial charge in [0.25, 0.3) is 0 Å². The number of hydrogen-bond acceptors (Lipinski definition) is 1. The molecule has 0 aliphatic carbocycles. The average Bonchev–Trinajstić information content (AvgIpc) is 2.10. The van der Waals surface area contributed by atoms with Crippen molar-refractivity contribution in [1.29, 1.82) is 0 Å². The zero-order chi connectivity index (χ0) is 9.84. The van der Waals surface area contributed by atoms with Crippen LogP contribution in [0.4, 0.5) is 4.39 Å². The van der Waals surface area contributed by atoms with Gasteiger partial charge in [0.2, 0.25) is 0 Å². The van der Waals surface area contributed by atoms with Crippen molar-refractivity contribution in [3.63, 3.8) is 0 Å². The van der Waals surface area contributed by atoms with Gasteiger partial charge in [-0.25, -0.2) is 4.39 Å². The summed E-state index contributed by atoms with van der Waals surface area (Å²) in [7, 11) is 0. The maximum absolute atomic E-state index is 13.2. The molecule has 0 spiro atoms. The molecule has 13 heavy (non-hydrogen) atoms. The number of aryl methyl sites for hydroxylation is 1. The van der Waals surface area contributed by atoms with Crippen LogP contribution in [0.3, 0.4) is 0 Å². The fraction of sp³-hybridized carbons (Fsp3) is 0.400. The molecule has 0 saturated carbocycles. The van der Waals surface area contributed by atoms with E-state index in [0.29, 0.717) is 12.1 Å². The SMILES string of the molecule is Cc1c(F)cc(CCCN)cc1Br. The Labute approximate surface area is 86.3 Å². The molecule has 0 aliphatic rings. The van der Waals surface area contributed by atoms with E-state index in [4.69, 9.17) is 5.73 Å². The Kier molecular flexibility index (Phi) is 3.88. The molecule has 1 rings (SSSR count). The Morgan fingerprint density at radius 1 is 1.46 bits per heavy atom. The van der Waals surface area contributed by atoms with Crippen LogP contribution in [0.25, 0.3) is 0 Å². The lowest BCUT2D eigenvalue weighted by Gasteiger charge is -2.04. The second-order valence-electron chi connectivity index (χ2n) is 3.08. The summed E-state index contributed by atoms with van der Waals surface area (Å²) >= 11 is 3.32. The van der Waals surface area contributed by atoms with Gasteiger partial charge in [0.1, 0.15) is 5.82 Å². The molecule has 1 nitrogen and oxygen atoms in total. The van der Waals surface area contributed by atoms with Crippen LogP contribution < -0.4 is 5.73 Å². The van der Waals surface area contributed by atoms with E-state index in [2.05, 4.69) is 15.9 Å². The Morgan fingerprint density at radius 2 is 2.15 bits per heavy atom. The van der Waals surface area contributed by atoms with Crippen LogP contribution in [0.1, 0.15) is 17.5 Å². The van der Waals surface area contributed by atoms with E-state index in [9.17, 15) is 4.39 Å². The van der Waals surface area contributed by atoms with Gasteiger partial charge in [-0.05, 0) is 49.6 Å². The first-order chi connectivity index (χ1) is 6.15. The van der Waals surface area contributed by atoms with E-state index in [0.717, 1.165) is 22.9 Å². The van der Waals surface area contributed by atoms with Gasteiger partial charge in [0.15, 0.2) is 0 Å². The summed E-state index contributed by atoms with van der Waals surface area (Å²) in [4.78, 5) is 0. The van der Waals surface area contributed by atoms with Gasteiger partial charge in [-0.2, -0.15) is 0 Å². The number of rotatable bonds is 3. The predicted octanol–water partition coefficient (Wildman–Crippen LogP) is 2.79. The lowest BCUT2D eigenvalue weighted by Crippen LogP contribution is -2.01. The van der Waals surface area contributed by atoms with Crippen LogP contribution >= 0.6 is 15.9 Å². The first-order valence-electron chi connectivity index (χ1n) is 4.29. The smallest absolute Gasteiger partial charge is 0.127 e. The Bertz CT molecular complexity index is 276. The molecule has 0 aromatic heterocycles. The van der Waals surface area contributed by atoms with Crippen LogP contribution in [0.5, 0.6) is 0 Å². The summed E-state index contributed by atoms with van der Waals surface area (Å²) in [5, 5.41) is 0. The molecule has 3 heteroatoms. The minimum absolute atomic E-state index is 0.151. The Hall–Kier alpha value is -0.410. The van der Waals surface area contributed by atoms with E-state index in [1.54, 1.807) is 13.0 Å². The molecule has 0 unspecified atom stereocenters. The third-order valence-corrected chi connectivity index (χ3v) is 2.83. The minimum Gasteiger partial charge on any atom is -0.330 e. The van der Waals surface area contributed by atoms with E-state index in [1.165, 1.54) is 0 Å². The highest BCUT2D eigenvalue weighted by atomic mass is 79.9. The van der Waals surface area contributed by atoms with Gasteiger partial charge in [0, 0.05) is 4.47 Å². The fourth-order valence-electron chi connectivity index (χ4n) is 1.15. The zero-order valence-corrected chi connectivity index (χ0v) is 9.20.